The number of hydrogen-bond acceptors (Lipinski definition) is 8. The van der Waals surface area contributed by atoms with Crippen molar-refractivity contribution in [3.05, 3.63) is 0 Å². The predicted octanol–water partition coefficient (Wildman–Crippen LogP) is -4.03. The molecule has 0 aliphatic heterocycles. The molecule has 0 aliphatic carbocycles. The van der Waals surface area contributed by atoms with Crippen molar-refractivity contribution in [2.24, 2.45) is 0 Å². The first-order valence-electron chi connectivity index (χ1n) is 4.02. The molecule has 0 fully saturated rings. The highest BCUT2D eigenvalue weighted by Gasteiger charge is 2.29. The van der Waals surface area contributed by atoms with Crippen LogP contribution in [0.15, 0.2) is 0 Å². The molecule has 0 unspecified atom stereocenters. The second-order valence-corrected chi connectivity index (χ2v) is 3.70. The van der Waals surface area contributed by atoms with Gasteiger partial charge in [-0.25, -0.2) is 0 Å². The Bertz CT molecular complexity index is 292. The quantitative estimate of drug-likeness (QED) is 0.192. The molecule has 7 N–H and O–H groups in total. The van der Waals surface area contributed by atoms with Crippen LogP contribution in [0.2, 0.25) is 0 Å². The molecule has 0 saturated carbocycles. The van der Waals surface area contributed by atoms with Gasteiger partial charge in [-0.1, -0.05) is 0 Å². The Morgan fingerprint density at radius 3 is 1.59 bits per heavy atom. The topological polar surface area (TPSA) is 193 Å². The lowest BCUT2D eigenvalue weighted by Gasteiger charge is -2.22. The molecule has 0 saturated heterocycles. The summed E-state index contributed by atoms with van der Waals surface area (Å²) in [5.41, 5.74) is 0. The Labute approximate surface area is 96.3 Å². The number of aldehydes is 1. The van der Waals surface area contributed by atoms with E-state index >= 15 is 0 Å². The third-order valence-corrected chi connectivity index (χ3v) is 1.42. The van der Waals surface area contributed by atoms with Gasteiger partial charge in [0.05, 0.1) is 6.61 Å². The van der Waals surface area contributed by atoms with Crippen molar-refractivity contribution in [2.45, 2.75) is 24.4 Å². The summed E-state index contributed by atoms with van der Waals surface area (Å²) in [7, 11) is -4.67. The molecule has 11 heteroatoms. The molecule has 104 valence electrons. The zero-order chi connectivity index (χ0) is 14.2. The highest BCUT2D eigenvalue weighted by Crippen LogP contribution is 2.02. The zero-order valence-electron chi connectivity index (χ0n) is 8.36. The van der Waals surface area contributed by atoms with Gasteiger partial charge in [-0.3, -0.25) is 9.11 Å². The molecule has 0 aliphatic rings. The molecule has 10 nitrogen and oxygen atoms in total. The molecule has 0 radical (unpaired) electrons. The van der Waals surface area contributed by atoms with Crippen LogP contribution in [0.1, 0.15) is 0 Å². The largest absolute Gasteiger partial charge is 0.394 e. The Morgan fingerprint density at radius 2 is 1.35 bits per heavy atom. The highest BCUT2D eigenvalue weighted by atomic mass is 32.3. The summed E-state index contributed by atoms with van der Waals surface area (Å²) in [6, 6.07) is 0. The van der Waals surface area contributed by atoms with E-state index in [4.69, 9.17) is 43.1 Å². The zero-order valence-corrected chi connectivity index (χ0v) is 9.17. The first kappa shape index (κ1) is 18.7. The lowest BCUT2D eigenvalue weighted by molar-refractivity contribution is -0.136. The van der Waals surface area contributed by atoms with Gasteiger partial charge >= 0.3 is 10.4 Å². The Balaban J connectivity index is 0. The van der Waals surface area contributed by atoms with E-state index in [9.17, 15) is 4.79 Å². The van der Waals surface area contributed by atoms with E-state index in [2.05, 4.69) is 0 Å². The number of hydrogen-bond donors (Lipinski definition) is 7. The number of carbonyl (C=O) groups excluding carboxylic acids is 1. The molecule has 0 heterocycles. The first-order valence-corrected chi connectivity index (χ1v) is 5.42. The Hall–Kier alpha value is -0.660. The fourth-order valence-corrected chi connectivity index (χ4v) is 0.618. The lowest BCUT2D eigenvalue weighted by atomic mass is 10.0. The van der Waals surface area contributed by atoms with E-state index in [-0.39, 0.29) is 6.29 Å². The van der Waals surface area contributed by atoms with Gasteiger partial charge in [-0.05, 0) is 0 Å². The molecule has 0 aromatic carbocycles. The summed E-state index contributed by atoms with van der Waals surface area (Å²) >= 11 is 0. The van der Waals surface area contributed by atoms with Crippen molar-refractivity contribution in [3.63, 3.8) is 0 Å². The third-order valence-electron chi connectivity index (χ3n) is 1.42. The lowest BCUT2D eigenvalue weighted by Crippen LogP contribution is -2.46. The van der Waals surface area contributed by atoms with Gasteiger partial charge in [0.15, 0.2) is 6.29 Å². The summed E-state index contributed by atoms with van der Waals surface area (Å²) in [4.78, 5) is 9.90. The van der Waals surface area contributed by atoms with Crippen LogP contribution in [0, 0.1) is 0 Å². The van der Waals surface area contributed by atoms with Crippen LogP contribution in [0.25, 0.3) is 0 Å². The summed E-state index contributed by atoms with van der Waals surface area (Å²) < 4.78 is 31.6. The number of rotatable bonds is 5. The molecule has 0 bridgehead atoms. The van der Waals surface area contributed by atoms with Crippen LogP contribution in [0.4, 0.5) is 0 Å². The van der Waals surface area contributed by atoms with Crippen molar-refractivity contribution in [3.8, 4) is 0 Å². The van der Waals surface area contributed by atoms with Crippen LogP contribution in [0.3, 0.4) is 0 Å². The van der Waals surface area contributed by atoms with E-state index < -0.39 is 41.4 Å². The number of aliphatic hydroxyl groups is 5. The molecular weight excluding hydrogens is 264 g/mol. The highest BCUT2D eigenvalue weighted by molar-refractivity contribution is 7.79. The van der Waals surface area contributed by atoms with Gasteiger partial charge in [0.25, 0.3) is 0 Å². The molecule has 0 rings (SSSR count). The van der Waals surface area contributed by atoms with Gasteiger partial charge in [0.1, 0.15) is 24.4 Å². The van der Waals surface area contributed by atoms with E-state index in [1.54, 1.807) is 0 Å². The molecule has 0 aromatic heterocycles. The monoisotopic (exact) mass is 278 g/mol. The second kappa shape index (κ2) is 8.43. The van der Waals surface area contributed by atoms with Crippen molar-refractivity contribution >= 4 is 16.7 Å². The molecule has 0 amide bonds. The Morgan fingerprint density at radius 1 is 1.00 bits per heavy atom. The van der Waals surface area contributed by atoms with Gasteiger partial charge in [-0.2, -0.15) is 8.42 Å². The van der Waals surface area contributed by atoms with Gasteiger partial charge < -0.3 is 30.3 Å². The van der Waals surface area contributed by atoms with E-state index in [1.165, 1.54) is 0 Å². The van der Waals surface area contributed by atoms with E-state index in [1.807, 2.05) is 0 Å². The van der Waals surface area contributed by atoms with Crippen LogP contribution < -0.4 is 0 Å². The summed E-state index contributed by atoms with van der Waals surface area (Å²) in [6.45, 7) is -0.760. The van der Waals surface area contributed by atoms with Crippen molar-refractivity contribution in [2.75, 3.05) is 6.61 Å². The van der Waals surface area contributed by atoms with Crippen LogP contribution in [-0.2, 0) is 15.2 Å². The van der Waals surface area contributed by atoms with Gasteiger partial charge in [0, 0.05) is 0 Å². The van der Waals surface area contributed by atoms with Crippen LogP contribution in [-0.4, -0.2) is 80.4 Å². The molecular formula is C6H14O10S. The molecule has 0 spiro atoms. The summed E-state index contributed by atoms with van der Waals surface area (Å²) in [5, 5.41) is 43.5. The Kier molecular flexibility index (Phi) is 9.28. The van der Waals surface area contributed by atoms with Crippen molar-refractivity contribution in [1.29, 1.82) is 0 Å². The van der Waals surface area contributed by atoms with Gasteiger partial charge in [0.2, 0.25) is 0 Å². The maximum atomic E-state index is 9.90. The summed E-state index contributed by atoms with van der Waals surface area (Å²) in [5.74, 6) is 0. The minimum Gasteiger partial charge on any atom is -0.394 e. The van der Waals surface area contributed by atoms with Crippen LogP contribution >= 0.6 is 0 Å². The molecule has 0 aromatic rings. The summed E-state index contributed by atoms with van der Waals surface area (Å²) in [6.07, 6.45) is -6.84. The number of carbonyl (C=O) groups is 1. The predicted molar refractivity (Wildman–Crippen MR) is 51.4 cm³/mol. The second-order valence-electron chi connectivity index (χ2n) is 2.81. The maximum absolute atomic E-state index is 9.90. The van der Waals surface area contributed by atoms with Crippen molar-refractivity contribution in [1.82, 2.24) is 0 Å². The fraction of sp³-hybridized carbons (Fsp3) is 0.833. The smallest absolute Gasteiger partial charge is 0.394 e. The average Bonchev–Trinajstić information content (AvgIpc) is 2.22. The molecule has 4 atom stereocenters. The first-order chi connectivity index (χ1) is 7.54. The maximum Gasteiger partial charge on any atom is 0.394 e. The molecule has 17 heavy (non-hydrogen) atoms. The SMILES string of the molecule is O=C[C@@H](O)[C@H](O)[C@@H](O)[C@@H](O)CO.O=S(=O)(O)O. The standard InChI is InChI=1S/C6H12O6.H2O4S/c7-1-3(9)5(11)6(12)4(10)2-8;1-5(2,3)4/h1,3-6,8-12H,2H2;(H2,1,2,3,4)/t3-,4+,5+,6+;/m1./s1. The number of aliphatic hydroxyl groups excluding tert-OH is 5. The van der Waals surface area contributed by atoms with E-state index in [0.29, 0.717) is 0 Å². The van der Waals surface area contributed by atoms with Crippen molar-refractivity contribution < 1.29 is 47.9 Å². The third kappa shape index (κ3) is 11.6. The minimum atomic E-state index is -4.67. The minimum absolute atomic E-state index is 0.0258. The normalized spacial score (nSPS) is 18.3. The van der Waals surface area contributed by atoms with E-state index in [0.717, 1.165) is 0 Å². The average molecular weight is 278 g/mol. The fourth-order valence-electron chi connectivity index (χ4n) is 0.618. The van der Waals surface area contributed by atoms with Gasteiger partial charge in [-0.15, -0.1) is 0 Å². The van der Waals surface area contributed by atoms with Crippen LogP contribution in [0.5, 0.6) is 0 Å².